The van der Waals surface area contributed by atoms with Gasteiger partial charge in [-0.1, -0.05) is 62.2 Å². The molecule has 2 heterocycles. The standard InChI is InChI=1S/C60H99N17O14S3/c1-36-32-92-35-50(81)70-42(17-11-12-24-63-47(78)19-13-20-48(79)64-26-21-39(22-27-67-59(4,5)37(2)76-90)23-28-68-60(6,7)38(3)77-91)53(85)74-45-33-93-94-34-46(57(89)73-43(54(86)69-36)29-40-15-9-8-10-16-40)75-55(87)44(30-51(82)83)71-49(80)31-66-52(84)41(72-56(45)88)18-14-25-65-58(61)62/h8-10,15-16,36,39,41-46,67-68,90-91H,11-14,17-35H2,1-7H3,(H,63,78)(H,64,79)(H,66,84)(H,69,86)(H,70,81)(H,71,80)(H,72,88)(H,73,89)(H,74,85)(H,75,87)(H,82,83)(H4,61,62,65)/b76-37-,77-38-/t36-,41+,42+,43+,44+,45+,46+/m1/s1. The highest BCUT2D eigenvalue weighted by Gasteiger charge is 2.35. The summed E-state index contributed by atoms with van der Waals surface area (Å²) in [6.07, 6.45) is 2.43. The third-order valence-electron chi connectivity index (χ3n) is 15.7. The maximum absolute atomic E-state index is 14.4. The summed E-state index contributed by atoms with van der Waals surface area (Å²) in [4.78, 5) is 154. The summed E-state index contributed by atoms with van der Waals surface area (Å²) >= 11 is 1.14. The molecule has 0 unspecified atom stereocenters. The number of thioether (sulfide) groups is 1. The van der Waals surface area contributed by atoms with Crippen LogP contribution in [0.15, 0.2) is 45.6 Å². The van der Waals surface area contributed by atoms with E-state index in [2.05, 4.69) is 79.1 Å². The zero-order valence-electron chi connectivity index (χ0n) is 54.8. The lowest BCUT2D eigenvalue weighted by molar-refractivity contribution is -0.141. The maximum atomic E-state index is 14.4. The number of benzene rings is 1. The van der Waals surface area contributed by atoms with Crippen LogP contribution in [0.25, 0.3) is 0 Å². The highest BCUT2D eigenvalue weighted by Crippen LogP contribution is 2.24. The molecule has 2 saturated heterocycles. The fraction of sp³-hybridized carbons (Fsp3) is 0.667. The van der Waals surface area contributed by atoms with E-state index in [0.717, 1.165) is 46.2 Å². The van der Waals surface area contributed by atoms with Gasteiger partial charge in [0.15, 0.2) is 5.96 Å². The summed E-state index contributed by atoms with van der Waals surface area (Å²) in [6.45, 7) is 13.9. The van der Waals surface area contributed by atoms with Crippen LogP contribution >= 0.6 is 33.3 Å². The lowest BCUT2D eigenvalue weighted by Gasteiger charge is -2.28. The summed E-state index contributed by atoms with van der Waals surface area (Å²) in [6, 6.07) is -0.312. The molecule has 19 N–H and O–H groups in total. The van der Waals surface area contributed by atoms with Crippen molar-refractivity contribution in [2.24, 2.45) is 32.7 Å². The second kappa shape index (κ2) is 42.8. The van der Waals surface area contributed by atoms with Crippen LogP contribution in [0, 0.1) is 5.92 Å². The molecule has 2 fully saturated rings. The number of carbonyl (C=O) groups excluding carboxylic acids is 10. The van der Waals surface area contributed by atoms with Gasteiger partial charge in [0.05, 0.1) is 41.2 Å². The van der Waals surface area contributed by atoms with Gasteiger partial charge in [0.1, 0.15) is 36.3 Å². The van der Waals surface area contributed by atoms with Crippen LogP contribution in [0.1, 0.15) is 131 Å². The molecular formula is C60H99N17O14S3. The number of fused-ring (bicyclic) bond motifs is 5. The van der Waals surface area contributed by atoms with E-state index in [1.165, 1.54) is 0 Å². The van der Waals surface area contributed by atoms with E-state index in [4.69, 9.17) is 11.5 Å². The molecule has 0 spiro atoms. The molecule has 0 aliphatic carbocycles. The van der Waals surface area contributed by atoms with E-state index in [-0.39, 0.29) is 111 Å². The molecule has 2 aliphatic rings. The molecule has 31 nitrogen and oxygen atoms in total. The number of amides is 10. The van der Waals surface area contributed by atoms with Crippen molar-refractivity contribution in [3.63, 3.8) is 0 Å². The number of nitrogens with two attached hydrogens (primary N) is 2. The average Bonchev–Trinajstić information content (AvgIpc) is 1.18. The van der Waals surface area contributed by atoms with Crippen molar-refractivity contribution in [1.29, 1.82) is 0 Å². The predicted octanol–water partition coefficient (Wildman–Crippen LogP) is -0.775. The SMILES string of the molecule is C/C(=N/O)C(C)(C)NCCC(CCNC(=O)CCCC(=O)NCCCC[C@@H]1NC(=O)CSC[C@@H](C)NC(=O)[C@H](Cc2ccccc2)NC(=O)[C@@H]2CSSC[C@H](NC1=O)C(=O)N[C@@H](CCCN=C(N)N)C(=O)NCC(=O)N[C@@H](CC(=O)O)C(=O)N2)CCNC(C)(C)/C(C)=N\O. The third kappa shape index (κ3) is 32.1. The molecule has 3 rings (SSSR count). The molecule has 0 aromatic heterocycles. The molecule has 94 heavy (non-hydrogen) atoms. The van der Waals surface area contributed by atoms with Crippen LogP contribution < -0.4 is 75.3 Å². The van der Waals surface area contributed by atoms with Crippen LogP contribution in [0.5, 0.6) is 0 Å². The number of aliphatic imine (C=N–C) groups is 1. The second-order valence-electron chi connectivity index (χ2n) is 24.2. The Morgan fingerprint density at radius 3 is 1.68 bits per heavy atom. The first-order chi connectivity index (χ1) is 44.5. The third-order valence-corrected chi connectivity index (χ3v) is 19.3. The highest BCUT2D eigenvalue weighted by atomic mass is 33.1. The van der Waals surface area contributed by atoms with Gasteiger partial charge in [0.2, 0.25) is 59.1 Å². The van der Waals surface area contributed by atoms with Gasteiger partial charge < -0.3 is 90.8 Å². The molecule has 526 valence electrons. The minimum atomic E-state index is -1.75. The summed E-state index contributed by atoms with van der Waals surface area (Å²) < 4.78 is 0. The molecular weight excluding hydrogens is 1280 g/mol. The lowest BCUT2D eigenvalue weighted by Crippen LogP contribution is -2.59. The number of nitrogens with zero attached hydrogens (tertiary/aromatic N) is 3. The number of hydrogen-bond donors (Lipinski definition) is 17. The molecule has 7 atom stereocenters. The molecule has 0 saturated carbocycles. The van der Waals surface area contributed by atoms with E-state index in [9.17, 15) is 68.3 Å². The minimum absolute atomic E-state index is 0.00288. The Kier molecular flexibility index (Phi) is 36.8. The number of carboxylic acids is 1. The van der Waals surface area contributed by atoms with Crippen molar-refractivity contribution >= 4 is 116 Å². The number of carbonyl (C=O) groups is 11. The predicted molar refractivity (Wildman–Crippen MR) is 362 cm³/mol. The second-order valence-corrected chi connectivity index (χ2v) is 27.8. The van der Waals surface area contributed by atoms with Gasteiger partial charge in [0.25, 0.3) is 0 Å². The quantitative estimate of drug-likeness (QED) is 0.0112. The molecule has 10 amide bonds. The number of hydrogen-bond acceptors (Lipinski definition) is 21. The van der Waals surface area contributed by atoms with Gasteiger partial charge in [-0.25, -0.2) is 0 Å². The van der Waals surface area contributed by atoms with Crippen molar-refractivity contribution in [2.45, 2.75) is 185 Å². The van der Waals surface area contributed by atoms with Crippen molar-refractivity contribution < 1.29 is 68.3 Å². The molecule has 1 aromatic rings. The molecule has 0 radical (unpaired) electrons. The molecule has 34 heteroatoms. The number of unbranched alkanes of at least 4 members (excludes halogenated alkanes) is 1. The normalized spacial score (nSPS) is 22.0. The first-order valence-corrected chi connectivity index (χ1v) is 35.1. The van der Waals surface area contributed by atoms with Crippen LogP contribution in [-0.4, -0.2) is 214 Å². The van der Waals surface area contributed by atoms with Gasteiger partial charge in [0, 0.05) is 62.2 Å². The first-order valence-electron chi connectivity index (χ1n) is 31.5. The number of carboxylic acid groups (broad SMARTS) is 1. The maximum Gasteiger partial charge on any atom is 0.305 e. The molecule has 2 aliphatic heterocycles. The van der Waals surface area contributed by atoms with E-state index in [1.807, 2.05) is 27.7 Å². The Bertz CT molecular complexity index is 2740. The average molecular weight is 1380 g/mol. The Balaban J connectivity index is 1.81. The largest absolute Gasteiger partial charge is 0.481 e. The fourth-order valence-electron chi connectivity index (χ4n) is 9.48. The first kappa shape index (κ1) is 80.8. The van der Waals surface area contributed by atoms with E-state index in [1.54, 1.807) is 51.1 Å². The van der Waals surface area contributed by atoms with Crippen molar-refractivity contribution in [3.05, 3.63) is 35.9 Å². The van der Waals surface area contributed by atoms with Gasteiger partial charge in [-0.05, 0) is 131 Å². The minimum Gasteiger partial charge on any atom is -0.481 e. The smallest absolute Gasteiger partial charge is 0.305 e. The lowest BCUT2D eigenvalue weighted by atomic mass is 9.94. The van der Waals surface area contributed by atoms with Gasteiger partial charge in [-0.15, -0.1) is 11.8 Å². The topological polar surface area (TPSA) is 482 Å². The number of aliphatic carboxylic acids is 1. The Labute approximate surface area is 561 Å². The monoisotopic (exact) mass is 1380 g/mol. The number of rotatable bonds is 30. The number of nitrogens with one attached hydrogen (secondary N) is 12. The highest BCUT2D eigenvalue weighted by molar-refractivity contribution is 8.76. The van der Waals surface area contributed by atoms with Crippen LogP contribution in [0.4, 0.5) is 0 Å². The molecule has 1 aromatic carbocycles. The summed E-state index contributed by atoms with van der Waals surface area (Å²) in [5.41, 5.74) is 11.7. The Hall–Kier alpha value is -7.43. The van der Waals surface area contributed by atoms with E-state index in [0.29, 0.717) is 49.5 Å². The fourth-order valence-corrected chi connectivity index (χ4v) is 12.6. The van der Waals surface area contributed by atoms with Gasteiger partial charge in [-0.3, -0.25) is 57.7 Å². The summed E-state index contributed by atoms with van der Waals surface area (Å²) in [5.74, 6) is -9.14. The summed E-state index contributed by atoms with van der Waals surface area (Å²) in [7, 11) is 1.94. The van der Waals surface area contributed by atoms with E-state index < -0.39 is 120 Å². The zero-order chi connectivity index (χ0) is 69.8. The number of guanidine groups is 1. The Morgan fingerprint density at radius 2 is 1.12 bits per heavy atom. The zero-order valence-corrected chi connectivity index (χ0v) is 57.3. The number of oxime groups is 2. The van der Waals surface area contributed by atoms with Crippen LogP contribution in [-0.2, 0) is 59.2 Å². The van der Waals surface area contributed by atoms with E-state index >= 15 is 0 Å². The van der Waals surface area contributed by atoms with Gasteiger partial charge in [-0.2, -0.15) is 0 Å². The van der Waals surface area contributed by atoms with Crippen LogP contribution in [0.2, 0.25) is 0 Å². The van der Waals surface area contributed by atoms with Crippen molar-refractivity contribution in [2.75, 3.05) is 62.3 Å². The molecule has 2 bridgehead atoms. The summed E-state index contributed by atoms with van der Waals surface area (Å²) in [5, 5.41) is 68.7. The van der Waals surface area contributed by atoms with Gasteiger partial charge >= 0.3 is 5.97 Å². The van der Waals surface area contributed by atoms with Crippen LogP contribution in [0.3, 0.4) is 0 Å². The van der Waals surface area contributed by atoms with Crippen molar-refractivity contribution in [1.82, 2.24) is 63.8 Å². The Morgan fingerprint density at radius 1 is 0.606 bits per heavy atom. The van der Waals surface area contributed by atoms with Crippen molar-refractivity contribution in [3.8, 4) is 0 Å².